The van der Waals surface area contributed by atoms with Crippen molar-refractivity contribution in [3.05, 3.63) is 46.1 Å². The molecule has 142 valence electrons. The quantitative estimate of drug-likeness (QED) is 0.518. The van der Waals surface area contributed by atoms with Crippen LogP contribution in [0.25, 0.3) is 11.0 Å². The molecule has 1 aromatic carbocycles. The molecule has 27 heavy (non-hydrogen) atoms. The van der Waals surface area contributed by atoms with Crippen LogP contribution in [-0.4, -0.2) is 31.0 Å². The van der Waals surface area contributed by atoms with Crippen molar-refractivity contribution in [2.45, 2.75) is 39.0 Å². The Hall–Kier alpha value is -2.68. The molecule has 0 bridgehead atoms. The Bertz CT molecular complexity index is 1060. The van der Waals surface area contributed by atoms with Gasteiger partial charge in [-0.15, -0.1) is 0 Å². The number of nitrogens with zero attached hydrogens (tertiary/aromatic N) is 4. The molecule has 1 N–H and O–H groups in total. The van der Waals surface area contributed by atoms with Gasteiger partial charge in [-0.2, -0.15) is 5.10 Å². The Kier molecular flexibility index (Phi) is 5.59. The zero-order valence-electron chi connectivity index (χ0n) is 15.3. The lowest BCUT2D eigenvalue weighted by molar-refractivity contribution is -0.113. The molecule has 0 radical (unpaired) electrons. The van der Waals surface area contributed by atoms with E-state index in [0.717, 1.165) is 0 Å². The number of hydrogen-bond donors (Lipinski definition) is 1. The number of rotatable bonds is 6. The minimum Gasteiger partial charge on any atom is -0.325 e. The minimum atomic E-state index is -0.421. The van der Waals surface area contributed by atoms with Crippen molar-refractivity contribution in [2.75, 3.05) is 11.1 Å². The molecule has 2 heterocycles. The molecule has 1 amide bonds. The predicted octanol–water partition coefficient (Wildman–Crippen LogP) is 2.81. The van der Waals surface area contributed by atoms with E-state index >= 15 is 0 Å². The van der Waals surface area contributed by atoms with Crippen LogP contribution in [0.15, 0.2) is 34.2 Å². The third-order valence-electron chi connectivity index (χ3n) is 4.04. The van der Waals surface area contributed by atoms with Crippen molar-refractivity contribution in [1.29, 1.82) is 0 Å². The van der Waals surface area contributed by atoms with Gasteiger partial charge in [0.25, 0.3) is 5.56 Å². The third-order valence-corrected chi connectivity index (χ3v) is 5.01. The van der Waals surface area contributed by atoms with Crippen LogP contribution in [0.3, 0.4) is 0 Å². The van der Waals surface area contributed by atoms with Crippen molar-refractivity contribution < 1.29 is 9.18 Å². The van der Waals surface area contributed by atoms with Gasteiger partial charge in [-0.1, -0.05) is 17.8 Å². The molecule has 0 fully saturated rings. The highest BCUT2D eigenvalue weighted by molar-refractivity contribution is 7.99. The van der Waals surface area contributed by atoms with Crippen molar-refractivity contribution in [2.24, 2.45) is 0 Å². The van der Waals surface area contributed by atoms with E-state index in [1.54, 1.807) is 10.7 Å². The first-order chi connectivity index (χ1) is 12.9. The summed E-state index contributed by atoms with van der Waals surface area (Å²) < 4.78 is 16.4. The van der Waals surface area contributed by atoms with E-state index < -0.39 is 5.82 Å². The Morgan fingerprint density at radius 2 is 2.07 bits per heavy atom. The summed E-state index contributed by atoms with van der Waals surface area (Å²) >= 11 is 1.17. The molecule has 0 saturated heterocycles. The van der Waals surface area contributed by atoms with Gasteiger partial charge >= 0.3 is 0 Å². The maximum Gasteiger partial charge on any atom is 0.280 e. The number of thioether (sulfide) groups is 1. The molecule has 3 aromatic rings. The summed E-state index contributed by atoms with van der Waals surface area (Å²) in [4.78, 5) is 29.6. The molecule has 0 spiro atoms. The summed E-state index contributed by atoms with van der Waals surface area (Å²) in [6.07, 6.45) is 0. The van der Waals surface area contributed by atoms with Crippen molar-refractivity contribution >= 4 is 34.4 Å². The van der Waals surface area contributed by atoms with Crippen molar-refractivity contribution in [3.8, 4) is 0 Å². The van der Waals surface area contributed by atoms with E-state index in [2.05, 4.69) is 15.4 Å². The van der Waals surface area contributed by atoms with Gasteiger partial charge in [-0.05, 0) is 39.0 Å². The van der Waals surface area contributed by atoms with E-state index in [0.29, 0.717) is 40.7 Å². The highest BCUT2D eigenvalue weighted by atomic mass is 32.2. The Labute approximate surface area is 159 Å². The number of anilines is 1. The zero-order chi connectivity index (χ0) is 19.6. The first-order valence-corrected chi connectivity index (χ1v) is 9.59. The molecule has 0 saturated carbocycles. The molecule has 0 aliphatic carbocycles. The first kappa shape index (κ1) is 19.1. The Balaban J connectivity index is 1.85. The molecule has 9 heteroatoms. The van der Waals surface area contributed by atoms with Gasteiger partial charge in [0, 0.05) is 18.8 Å². The maximum atomic E-state index is 13.2. The van der Waals surface area contributed by atoms with E-state index in [9.17, 15) is 14.0 Å². The summed E-state index contributed by atoms with van der Waals surface area (Å²) in [6.45, 7) is 6.59. The number of nitrogens with one attached hydrogen (secondary N) is 1. The fourth-order valence-electron chi connectivity index (χ4n) is 2.80. The minimum absolute atomic E-state index is 0.0510. The van der Waals surface area contributed by atoms with E-state index in [4.69, 9.17) is 0 Å². The molecular weight excluding hydrogens is 369 g/mol. The average Bonchev–Trinajstić information content (AvgIpc) is 2.96. The van der Waals surface area contributed by atoms with E-state index in [-0.39, 0.29) is 17.2 Å². The maximum absolute atomic E-state index is 13.2. The number of carbonyl (C=O) groups excluding carboxylic acids is 1. The van der Waals surface area contributed by atoms with Crippen LogP contribution in [-0.2, 0) is 17.9 Å². The van der Waals surface area contributed by atoms with Gasteiger partial charge in [-0.3, -0.25) is 18.8 Å². The van der Waals surface area contributed by atoms with Crippen LogP contribution in [0.2, 0.25) is 0 Å². The summed E-state index contributed by atoms with van der Waals surface area (Å²) in [6, 6.07) is 5.69. The Morgan fingerprint density at radius 1 is 1.30 bits per heavy atom. The van der Waals surface area contributed by atoms with Gasteiger partial charge in [0.2, 0.25) is 5.91 Å². The van der Waals surface area contributed by atoms with E-state index in [1.165, 1.54) is 34.5 Å². The molecule has 0 aliphatic heterocycles. The van der Waals surface area contributed by atoms with Crippen LogP contribution < -0.4 is 10.9 Å². The van der Waals surface area contributed by atoms with Crippen LogP contribution >= 0.6 is 11.8 Å². The lowest BCUT2D eigenvalue weighted by Crippen LogP contribution is -2.25. The molecule has 3 rings (SSSR count). The van der Waals surface area contributed by atoms with Crippen LogP contribution in [0.5, 0.6) is 0 Å². The van der Waals surface area contributed by atoms with Crippen molar-refractivity contribution in [3.63, 3.8) is 0 Å². The second-order valence-corrected chi connectivity index (χ2v) is 6.83. The fraction of sp³-hybridized carbons (Fsp3) is 0.333. The Morgan fingerprint density at radius 3 is 2.74 bits per heavy atom. The van der Waals surface area contributed by atoms with Crippen LogP contribution in [0.1, 0.15) is 19.5 Å². The highest BCUT2D eigenvalue weighted by Gasteiger charge is 2.18. The van der Waals surface area contributed by atoms with Gasteiger partial charge in [0.15, 0.2) is 10.7 Å². The topological polar surface area (TPSA) is 81.8 Å². The number of benzene rings is 1. The van der Waals surface area contributed by atoms with Gasteiger partial charge in [0.1, 0.15) is 11.3 Å². The van der Waals surface area contributed by atoms with Crippen LogP contribution in [0, 0.1) is 12.7 Å². The molecule has 2 aromatic heterocycles. The number of aryl methyl sites for hydroxylation is 2. The zero-order valence-corrected chi connectivity index (χ0v) is 16.1. The monoisotopic (exact) mass is 389 g/mol. The number of halogens is 1. The second-order valence-electron chi connectivity index (χ2n) is 5.89. The lowest BCUT2D eigenvalue weighted by atomic mass is 10.3. The summed E-state index contributed by atoms with van der Waals surface area (Å²) in [7, 11) is 0. The lowest BCUT2D eigenvalue weighted by Gasteiger charge is -2.10. The number of aromatic nitrogens is 4. The molecule has 0 aliphatic rings. The summed E-state index contributed by atoms with van der Waals surface area (Å²) in [5.74, 6) is -0.672. The number of fused-ring (bicyclic) bond motifs is 1. The second kappa shape index (κ2) is 7.91. The van der Waals surface area contributed by atoms with Crippen LogP contribution in [0.4, 0.5) is 10.1 Å². The molecular formula is C18H20FN5O2S. The van der Waals surface area contributed by atoms with Gasteiger partial charge in [0.05, 0.1) is 11.4 Å². The van der Waals surface area contributed by atoms with Gasteiger partial charge < -0.3 is 5.32 Å². The normalized spacial score (nSPS) is 11.1. The number of hydrogen-bond acceptors (Lipinski definition) is 5. The smallest absolute Gasteiger partial charge is 0.280 e. The first-order valence-electron chi connectivity index (χ1n) is 8.60. The average molecular weight is 389 g/mol. The number of carbonyl (C=O) groups is 1. The van der Waals surface area contributed by atoms with Gasteiger partial charge in [-0.25, -0.2) is 9.37 Å². The number of amides is 1. The molecule has 7 nitrogen and oxygen atoms in total. The molecule has 0 unspecified atom stereocenters. The van der Waals surface area contributed by atoms with E-state index in [1.807, 2.05) is 20.8 Å². The SMILES string of the molecule is CCn1c(SCC(=O)Nc2cccc(F)c2)nc2c(C)nn(CC)c2c1=O. The summed E-state index contributed by atoms with van der Waals surface area (Å²) in [5, 5.41) is 7.46. The highest BCUT2D eigenvalue weighted by Crippen LogP contribution is 2.20. The van der Waals surface area contributed by atoms with Crippen molar-refractivity contribution in [1.82, 2.24) is 19.3 Å². The fourth-order valence-corrected chi connectivity index (χ4v) is 3.66. The standard InChI is InChI=1S/C18H20FN5O2S/c1-4-23-17(26)16-15(11(3)22-24(16)5-2)21-18(23)27-10-14(25)20-13-8-6-7-12(19)9-13/h6-9H,4-5,10H2,1-3H3,(H,20,25). The third kappa shape index (κ3) is 3.87. The largest absolute Gasteiger partial charge is 0.325 e. The predicted molar refractivity (Wildman–Crippen MR) is 104 cm³/mol. The molecule has 0 atom stereocenters. The summed E-state index contributed by atoms with van der Waals surface area (Å²) in [5.41, 5.74) is 1.93.